The number of piperidine rings is 1. The summed E-state index contributed by atoms with van der Waals surface area (Å²) in [6.07, 6.45) is 1.06. The van der Waals surface area contributed by atoms with Gasteiger partial charge in [0.1, 0.15) is 0 Å². The van der Waals surface area contributed by atoms with Crippen LogP contribution in [-0.4, -0.2) is 22.6 Å². The Kier molecular flexibility index (Phi) is 2.14. The van der Waals surface area contributed by atoms with E-state index in [1.807, 2.05) is 0 Å². The minimum Gasteiger partial charge on any atom is -0.465 e. The minimum atomic E-state index is -0.827. The van der Waals surface area contributed by atoms with Crippen LogP contribution in [-0.2, 0) is 0 Å². The van der Waals surface area contributed by atoms with Crippen LogP contribution in [0.15, 0.2) is 0 Å². The van der Waals surface area contributed by atoms with E-state index in [4.69, 9.17) is 5.11 Å². The molecule has 1 saturated heterocycles. The third kappa shape index (κ3) is 1.62. The van der Waals surface area contributed by atoms with Gasteiger partial charge < -0.3 is 10.0 Å². The molecule has 1 aliphatic heterocycles. The van der Waals surface area contributed by atoms with E-state index >= 15 is 0 Å². The lowest BCUT2D eigenvalue weighted by atomic mass is 10.00. The highest BCUT2D eigenvalue weighted by Gasteiger charge is 2.19. The Hall–Kier alpha value is -0.730. The first-order valence-electron chi connectivity index (χ1n) is 3.53. The summed E-state index contributed by atoms with van der Waals surface area (Å²) in [5.74, 6) is 0.649. The number of likely N-dealkylation sites (tertiary alicyclic amines) is 1. The van der Waals surface area contributed by atoms with Gasteiger partial charge in [0, 0.05) is 6.54 Å². The van der Waals surface area contributed by atoms with Crippen LogP contribution in [0.2, 0.25) is 0 Å². The largest absolute Gasteiger partial charge is 0.465 e. The van der Waals surface area contributed by atoms with Crippen molar-refractivity contribution in [1.29, 1.82) is 0 Å². The molecule has 1 aliphatic rings. The van der Waals surface area contributed by atoms with Gasteiger partial charge in [0.15, 0.2) is 0 Å². The van der Waals surface area contributed by atoms with Gasteiger partial charge in [-0.2, -0.15) is 0 Å². The fourth-order valence-electron chi connectivity index (χ4n) is 1.05. The topological polar surface area (TPSA) is 40.5 Å². The summed E-state index contributed by atoms with van der Waals surface area (Å²) in [6, 6.07) is 0. The van der Waals surface area contributed by atoms with Crippen molar-refractivity contribution in [3.63, 3.8) is 0 Å². The molecule has 0 saturated carbocycles. The maximum absolute atomic E-state index is 10.4. The number of rotatable bonds is 0. The molecule has 1 unspecified atom stereocenters. The van der Waals surface area contributed by atoms with Crippen molar-refractivity contribution in [2.24, 2.45) is 5.92 Å². The molecule has 0 aromatic heterocycles. The van der Waals surface area contributed by atoms with Crippen molar-refractivity contribution in [3.8, 4) is 0 Å². The molecule has 1 N–H and O–H groups in total. The number of hydrogen-bond donors (Lipinski definition) is 1. The molecular formula is C7H12NO2. The van der Waals surface area contributed by atoms with E-state index in [1.165, 1.54) is 4.90 Å². The second-order valence-corrected chi connectivity index (χ2v) is 2.79. The smallest absolute Gasteiger partial charge is 0.407 e. The summed E-state index contributed by atoms with van der Waals surface area (Å²) in [6.45, 7) is 4.56. The summed E-state index contributed by atoms with van der Waals surface area (Å²) in [4.78, 5) is 11.7. The molecule has 3 heteroatoms. The standard InChI is InChI=1S/C7H12NO2/c1-6-2-4-8(5-3-6)7(9)10/h4,6H,2-3,5H2,1H3,(H,9,10). The van der Waals surface area contributed by atoms with Crippen LogP contribution in [0.5, 0.6) is 0 Å². The summed E-state index contributed by atoms with van der Waals surface area (Å²) >= 11 is 0. The average molecular weight is 142 g/mol. The van der Waals surface area contributed by atoms with Crippen molar-refractivity contribution in [2.45, 2.75) is 19.8 Å². The highest BCUT2D eigenvalue weighted by Crippen LogP contribution is 2.18. The zero-order valence-corrected chi connectivity index (χ0v) is 6.08. The third-order valence-corrected chi connectivity index (χ3v) is 1.84. The molecule has 0 aromatic rings. The maximum Gasteiger partial charge on any atom is 0.407 e. The van der Waals surface area contributed by atoms with Crippen molar-refractivity contribution in [3.05, 3.63) is 6.54 Å². The fourth-order valence-corrected chi connectivity index (χ4v) is 1.05. The van der Waals surface area contributed by atoms with E-state index in [9.17, 15) is 4.79 Å². The van der Waals surface area contributed by atoms with E-state index in [-0.39, 0.29) is 0 Å². The monoisotopic (exact) mass is 142 g/mol. The van der Waals surface area contributed by atoms with Gasteiger partial charge in [-0.05, 0) is 18.8 Å². The van der Waals surface area contributed by atoms with Crippen LogP contribution in [0.4, 0.5) is 4.79 Å². The molecule has 3 nitrogen and oxygen atoms in total. The first kappa shape index (κ1) is 7.38. The van der Waals surface area contributed by atoms with Crippen molar-refractivity contribution in [2.75, 3.05) is 6.54 Å². The van der Waals surface area contributed by atoms with Crippen molar-refractivity contribution < 1.29 is 9.90 Å². The summed E-state index contributed by atoms with van der Waals surface area (Å²) in [7, 11) is 0. The molecule has 1 radical (unpaired) electrons. The quantitative estimate of drug-likeness (QED) is 0.557. The second-order valence-electron chi connectivity index (χ2n) is 2.79. The van der Waals surface area contributed by atoms with E-state index in [0.29, 0.717) is 12.5 Å². The molecule has 1 rings (SSSR count). The molecular weight excluding hydrogens is 130 g/mol. The minimum absolute atomic E-state index is 0.649. The summed E-state index contributed by atoms with van der Waals surface area (Å²) in [5.41, 5.74) is 0. The first-order valence-corrected chi connectivity index (χ1v) is 3.53. The van der Waals surface area contributed by atoms with Gasteiger partial charge in [-0.1, -0.05) is 6.92 Å². The number of carboxylic acid groups (broad SMARTS) is 1. The molecule has 0 spiro atoms. The van der Waals surface area contributed by atoms with Gasteiger partial charge in [0.2, 0.25) is 0 Å². The Balaban J connectivity index is 2.33. The SMILES string of the molecule is CC1C[CH]N(C(=O)O)CC1. The lowest BCUT2D eigenvalue weighted by Gasteiger charge is -2.26. The first-order chi connectivity index (χ1) is 4.70. The predicted octanol–water partition coefficient (Wildman–Crippen LogP) is 1.56. The molecule has 10 heavy (non-hydrogen) atoms. The average Bonchev–Trinajstić information content (AvgIpc) is 1.88. The predicted molar refractivity (Wildman–Crippen MR) is 37.4 cm³/mol. The van der Waals surface area contributed by atoms with Gasteiger partial charge >= 0.3 is 6.09 Å². The van der Waals surface area contributed by atoms with Crippen LogP contribution >= 0.6 is 0 Å². The van der Waals surface area contributed by atoms with Gasteiger partial charge in [-0.15, -0.1) is 0 Å². The lowest BCUT2D eigenvalue weighted by molar-refractivity contribution is 0.143. The van der Waals surface area contributed by atoms with Gasteiger partial charge in [0.25, 0.3) is 0 Å². The molecule has 1 amide bonds. The molecule has 0 aliphatic carbocycles. The molecule has 0 bridgehead atoms. The van der Waals surface area contributed by atoms with E-state index in [0.717, 1.165) is 12.8 Å². The Morgan fingerprint density at radius 3 is 2.90 bits per heavy atom. The van der Waals surface area contributed by atoms with Gasteiger partial charge in [-0.3, -0.25) is 0 Å². The number of carbonyl (C=O) groups is 1. The Morgan fingerprint density at radius 1 is 1.80 bits per heavy atom. The van der Waals surface area contributed by atoms with Crippen LogP contribution in [0.25, 0.3) is 0 Å². The Bertz CT molecular complexity index is 128. The second kappa shape index (κ2) is 2.90. The fraction of sp³-hybridized carbons (Fsp3) is 0.714. The molecule has 1 fully saturated rings. The van der Waals surface area contributed by atoms with Gasteiger partial charge in [-0.25, -0.2) is 4.79 Å². The van der Waals surface area contributed by atoms with E-state index in [2.05, 4.69) is 6.92 Å². The Morgan fingerprint density at radius 2 is 2.50 bits per heavy atom. The number of amides is 1. The van der Waals surface area contributed by atoms with Crippen LogP contribution < -0.4 is 0 Å². The van der Waals surface area contributed by atoms with Crippen LogP contribution in [0, 0.1) is 12.5 Å². The Labute approximate surface area is 60.6 Å². The van der Waals surface area contributed by atoms with Gasteiger partial charge in [0.05, 0.1) is 6.54 Å². The molecule has 1 atom stereocenters. The highest BCUT2D eigenvalue weighted by molar-refractivity contribution is 5.65. The van der Waals surface area contributed by atoms with E-state index in [1.54, 1.807) is 6.54 Å². The zero-order valence-electron chi connectivity index (χ0n) is 6.08. The summed E-state index contributed by atoms with van der Waals surface area (Å²) in [5, 5.41) is 8.52. The van der Waals surface area contributed by atoms with Crippen LogP contribution in [0.3, 0.4) is 0 Å². The van der Waals surface area contributed by atoms with Crippen molar-refractivity contribution >= 4 is 6.09 Å². The number of hydrogen-bond acceptors (Lipinski definition) is 1. The zero-order chi connectivity index (χ0) is 7.56. The highest BCUT2D eigenvalue weighted by atomic mass is 16.4. The summed E-state index contributed by atoms with van der Waals surface area (Å²) < 4.78 is 0. The van der Waals surface area contributed by atoms with E-state index < -0.39 is 6.09 Å². The molecule has 0 aromatic carbocycles. The normalized spacial score (nSPS) is 21.1. The molecule has 57 valence electrons. The lowest BCUT2D eigenvalue weighted by Crippen LogP contribution is -2.33. The third-order valence-electron chi connectivity index (χ3n) is 1.84. The van der Waals surface area contributed by atoms with Crippen molar-refractivity contribution in [1.82, 2.24) is 4.90 Å². The molecule has 1 heterocycles. The number of nitrogens with zero attached hydrogens (tertiary/aromatic N) is 1. The van der Waals surface area contributed by atoms with Crippen LogP contribution in [0.1, 0.15) is 19.8 Å². The maximum atomic E-state index is 10.4.